The minimum atomic E-state index is 0.783. The van der Waals surface area contributed by atoms with Crippen molar-refractivity contribution in [3.05, 3.63) is 47.5 Å². The lowest BCUT2D eigenvalue weighted by Crippen LogP contribution is -2.05. The van der Waals surface area contributed by atoms with Gasteiger partial charge in [0, 0.05) is 0 Å². The molecule has 0 aromatic heterocycles. The van der Waals surface area contributed by atoms with Gasteiger partial charge < -0.3 is 5.32 Å². The van der Waals surface area contributed by atoms with Crippen LogP contribution in [0.1, 0.15) is 17.5 Å². The Morgan fingerprint density at radius 1 is 1.12 bits per heavy atom. The zero-order valence-corrected chi connectivity index (χ0v) is 9.52. The Morgan fingerprint density at radius 2 is 1.75 bits per heavy atom. The topological polar surface area (TPSA) is 29.1 Å². The number of nitrogens with one attached hydrogen (secondary N) is 1. The average molecular weight is 215 g/mol. The Labute approximate surface area is 96.7 Å². The number of carbonyl (C=O) groups is 1. The van der Waals surface area contributed by atoms with Crippen LogP contribution in [0.4, 0.5) is 0 Å². The SMILES string of the molecule is CNCCC=Cc1ccc(/C=C/C=O)cc1. The van der Waals surface area contributed by atoms with Crippen molar-refractivity contribution in [3.63, 3.8) is 0 Å². The van der Waals surface area contributed by atoms with Gasteiger partial charge in [-0.2, -0.15) is 0 Å². The average Bonchev–Trinajstić information content (AvgIpc) is 2.33. The maximum absolute atomic E-state index is 10.1. The van der Waals surface area contributed by atoms with E-state index in [2.05, 4.69) is 17.5 Å². The van der Waals surface area contributed by atoms with E-state index in [1.54, 1.807) is 6.08 Å². The highest BCUT2D eigenvalue weighted by Gasteiger charge is 1.87. The van der Waals surface area contributed by atoms with Crippen molar-refractivity contribution in [2.45, 2.75) is 6.42 Å². The number of carbonyl (C=O) groups excluding carboxylic acids is 1. The molecule has 0 fully saturated rings. The molecular formula is C14H17NO. The largest absolute Gasteiger partial charge is 0.319 e. The van der Waals surface area contributed by atoms with Gasteiger partial charge in [-0.15, -0.1) is 0 Å². The highest BCUT2D eigenvalue weighted by atomic mass is 16.1. The van der Waals surface area contributed by atoms with E-state index in [0.29, 0.717) is 0 Å². The van der Waals surface area contributed by atoms with Gasteiger partial charge in [-0.3, -0.25) is 4.79 Å². The van der Waals surface area contributed by atoms with Crippen molar-refractivity contribution in [2.24, 2.45) is 0 Å². The summed E-state index contributed by atoms with van der Waals surface area (Å²) in [7, 11) is 1.95. The van der Waals surface area contributed by atoms with Gasteiger partial charge in [0.05, 0.1) is 0 Å². The van der Waals surface area contributed by atoms with Gasteiger partial charge in [-0.05, 0) is 37.2 Å². The van der Waals surface area contributed by atoms with Gasteiger partial charge in [-0.25, -0.2) is 0 Å². The highest BCUT2D eigenvalue weighted by molar-refractivity contribution is 5.74. The van der Waals surface area contributed by atoms with Gasteiger partial charge in [0.25, 0.3) is 0 Å². The fourth-order valence-corrected chi connectivity index (χ4v) is 1.32. The minimum absolute atomic E-state index is 0.783. The van der Waals surface area contributed by atoms with Gasteiger partial charge >= 0.3 is 0 Å². The number of hydrogen-bond donors (Lipinski definition) is 1. The first-order valence-electron chi connectivity index (χ1n) is 5.40. The summed E-state index contributed by atoms with van der Waals surface area (Å²) in [6, 6.07) is 8.08. The Balaban J connectivity index is 2.54. The molecule has 0 spiro atoms. The zero-order valence-electron chi connectivity index (χ0n) is 9.52. The molecule has 0 amide bonds. The molecular weight excluding hydrogens is 198 g/mol. The molecule has 1 aromatic carbocycles. The molecule has 2 nitrogen and oxygen atoms in total. The molecule has 0 aliphatic rings. The molecule has 0 unspecified atom stereocenters. The maximum atomic E-state index is 10.1. The van der Waals surface area contributed by atoms with Crippen LogP contribution in [0.15, 0.2) is 36.4 Å². The normalized spacial score (nSPS) is 11.3. The van der Waals surface area contributed by atoms with E-state index >= 15 is 0 Å². The number of allylic oxidation sites excluding steroid dienone is 1. The monoisotopic (exact) mass is 215 g/mol. The van der Waals surface area contributed by atoms with Crippen molar-refractivity contribution in [1.82, 2.24) is 5.32 Å². The summed E-state index contributed by atoms with van der Waals surface area (Å²) in [5.41, 5.74) is 2.22. The molecule has 0 saturated heterocycles. The second-order valence-corrected chi connectivity index (χ2v) is 3.46. The Hall–Kier alpha value is -1.67. The van der Waals surface area contributed by atoms with Crippen LogP contribution >= 0.6 is 0 Å². The number of hydrogen-bond acceptors (Lipinski definition) is 2. The Morgan fingerprint density at radius 3 is 2.31 bits per heavy atom. The summed E-state index contributed by atoms with van der Waals surface area (Å²) in [5, 5.41) is 3.09. The molecule has 0 radical (unpaired) electrons. The molecule has 1 aromatic rings. The van der Waals surface area contributed by atoms with Crippen molar-refractivity contribution in [1.29, 1.82) is 0 Å². The first-order valence-corrected chi connectivity index (χ1v) is 5.40. The predicted molar refractivity (Wildman–Crippen MR) is 69.1 cm³/mol. The lowest BCUT2D eigenvalue weighted by molar-refractivity contribution is -0.104. The third kappa shape index (κ3) is 4.71. The maximum Gasteiger partial charge on any atom is 0.142 e. The van der Waals surface area contributed by atoms with Gasteiger partial charge in [0.1, 0.15) is 6.29 Å². The van der Waals surface area contributed by atoms with Crippen molar-refractivity contribution < 1.29 is 4.79 Å². The van der Waals surface area contributed by atoms with Crippen LogP contribution in [0.2, 0.25) is 0 Å². The van der Waals surface area contributed by atoms with Gasteiger partial charge in [-0.1, -0.05) is 42.5 Å². The van der Waals surface area contributed by atoms with Crippen LogP contribution in [0.25, 0.3) is 12.2 Å². The van der Waals surface area contributed by atoms with E-state index in [4.69, 9.17) is 0 Å². The number of aldehydes is 1. The lowest BCUT2D eigenvalue weighted by Gasteiger charge is -1.96. The van der Waals surface area contributed by atoms with E-state index < -0.39 is 0 Å². The van der Waals surface area contributed by atoms with Gasteiger partial charge in [0.15, 0.2) is 0 Å². The van der Waals surface area contributed by atoms with Crippen molar-refractivity contribution >= 4 is 18.4 Å². The summed E-state index contributed by atoms with van der Waals surface area (Å²) >= 11 is 0. The summed E-state index contributed by atoms with van der Waals surface area (Å²) in [6.07, 6.45) is 9.35. The molecule has 0 saturated carbocycles. The van der Waals surface area contributed by atoms with Crippen LogP contribution in [0, 0.1) is 0 Å². The highest BCUT2D eigenvalue weighted by Crippen LogP contribution is 2.07. The summed E-state index contributed by atoms with van der Waals surface area (Å²) < 4.78 is 0. The summed E-state index contributed by atoms with van der Waals surface area (Å²) in [4.78, 5) is 10.1. The van der Waals surface area contributed by atoms with Crippen LogP contribution < -0.4 is 5.32 Å². The fraction of sp³-hybridized carbons (Fsp3) is 0.214. The quantitative estimate of drug-likeness (QED) is 0.449. The second kappa shape index (κ2) is 7.60. The first kappa shape index (κ1) is 12.4. The van der Waals surface area contributed by atoms with Gasteiger partial charge in [0.2, 0.25) is 0 Å². The smallest absolute Gasteiger partial charge is 0.142 e. The third-order valence-corrected chi connectivity index (χ3v) is 2.18. The standard InChI is InChI=1S/C14H17NO/c1-15-11-3-2-5-13-7-9-14(10-8-13)6-4-12-16/h2,4-10,12,15H,3,11H2,1H3/b5-2?,6-4+. The molecule has 0 bridgehead atoms. The van der Waals surface area contributed by atoms with E-state index in [9.17, 15) is 4.79 Å². The summed E-state index contributed by atoms with van der Waals surface area (Å²) in [6.45, 7) is 0.997. The lowest BCUT2D eigenvalue weighted by atomic mass is 10.1. The molecule has 0 heterocycles. The molecule has 16 heavy (non-hydrogen) atoms. The third-order valence-electron chi connectivity index (χ3n) is 2.18. The molecule has 2 heteroatoms. The van der Waals surface area contributed by atoms with Crippen LogP contribution in [0.3, 0.4) is 0 Å². The van der Waals surface area contributed by atoms with Crippen molar-refractivity contribution in [3.8, 4) is 0 Å². The van der Waals surface area contributed by atoms with Crippen LogP contribution in [0.5, 0.6) is 0 Å². The van der Waals surface area contributed by atoms with E-state index in [0.717, 1.165) is 24.8 Å². The molecule has 1 rings (SSSR count). The zero-order chi connectivity index (χ0) is 11.6. The van der Waals surface area contributed by atoms with Crippen LogP contribution in [-0.2, 0) is 4.79 Å². The Kier molecular flexibility index (Phi) is 5.89. The van der Waals surface area contributed by atoms with E-state index in [1.165, 1.54) is 11.6 Å². The number of benzene rings is 1. The molecule has 1 N–H and O–H groups in total. The molecule has 0 atom stereocenters. The first-order chi connectivity index (χ1) is 7.86. The van der Waals surface area contributed by atoms with E-state index in [1.807, 2.05) is 31.3 Å². The second-order valence-electron chi connectivity index (χ2n) is 3.46. The van der Waals surface area contributed by atoms with Crippen LogP contribution in [-0.4, -0.2) is 19.9 Å². The Bertz CT molecular complexity index is 363. The minimum Gasteiger partial charge on any atom is -0.319 e. The van der Waals surface area contributed by atoms with Crippen molar-refractivity contribution in [2.75, 3.05) is 13.6 Å². The van der Waals surface area contributed by atoms with E-state index in [-0.39, 0.29) is 0 Å². The fourth-order valence-electron chi connectivity index (χ4n) is 1.32. The number of rotatable bonds is 6. The molecule has 84 valence electrons. The molecule has 0 aliphatic carbocycles. The summed E-state index contributed by atoms with van der Waals surface area (Å²) in [5.74, 6) is 0. The predicted octanol–water partition coefficient (Wildman–Crippen LogP) is 2.52. The molecule has 0 aliphatic heterocycles.